The van der Waals surface area contributed by atoms with Crippen LogP contribution < -0.4 is 5.32 Å². The summed E-state index contributed by atoms with van der Waals surface area (Å²) < 4.78 is 23.7. The summed E-state index contributed by atoms with van der Waals surface area (Å²) >= 11 is 0. The highest BCUT2D eigenvalue weighted by Crippen LogP contribution is 2.28. The van der Waals surface area contributed by atoms with Gasteiger partial charge in [0.15, 0.2) is 9.84 Å². The van der Waals surface area contributed by atoms with Crippen LogP contribution in [-0.2, 0) is 9.84 Å². The minimum absolute atomic E-state index is 0.347. The lowest BCUT2D eigenvalue weighted by Gasteiger charge is -2.23. The molecule has 114 valence electrons. The molecule has 0 bridgehead atoms. The Hall–Kier alpha value is -0.0900. The summed E-state index contributed by atoms with van der Waals surface area (Å²) in [7, 11) is -2.96. The standard InChI is InChI=1S/C15H31NO2S/c1-5-16-14-9-7-6-8-13(12-14)10-11-19(17,18)15(2,3)4/h13-14,16H,5-12H2,1-4H3. The summed E-state index contributed by atoms with van der Waals surface area (Å²) in [5.41, 5.74) is 0. The molecule has 0 spiro atoms. The highest BCUT2D eigenvalue weighted by Gasteiger charge is 2.30. The average Bonchev–Trinajstić information content (AvgIpc) is 2.51. The monoisotopic (exact) mass is 289 g/mol. The summed E-state index contributed by atoms with van der Waals surface area (Å²) in [5.74, 6) is 0.920. The number of rotatable bonds is 5. The highest BCUT2D eigenvalue weighted by atomic mass is 32.2. The fourth-order valence-electron chi connectivity index (χ4n) is 2.83. The van der Waals surface area contributed by atoms with Crippen LogP contribution in [0.25, 0.3) is 0 Å². The van der Waals surface area contributed by atoms with Crippen molar-refractivity contribution in [2.75, 3.05) is 12.3 Å². The Morgan fingerprint density at radius 3 is 2.37 bits per heavy atom. The Kier molecular flexibility index (Phi) is 6.31. The quantitative estimate of drug-likeness (QED) is 0.791. The van der Waals surface area contributed by atoms with Crippen molar-refractivity contribution >= 4 is 9.84 Å². The Morgan fingerprint density at radius 2 is 1.79 bits per heavy atom. The first kappa shape index (κ1) is 17.0. The minimum atomic E-state index is -2.96. The Bertz CT molecular complexity index is 357. The molecule has 0 aromatic rings. The van der Waals surface area contributed by atoms with E-state index < -0.39 is 14.6 Å². The third kappa shape index (κ3) is 5.42. The van der Waals surface area contributed by atoms with Crippen molar-refractivity contribution in [3.63, 3.8) is 0 Å². The molecule has 1 aliphatic rings. The molecule has 1 rings (SSSR count). The van der Waals surface area contributed by atoms with Crippen molar-refractivity contribution in [1.82, 2.24) is 5.32 Å². The molecule has 0 aromatic carbocycles. The molecule has 0 radical (unpaired) electrons. The first-order chi connectivity index (χ1) is 8.76. The molecule has 1 N–H and O–H groups in total. The van der Waals surface area contributed by atoms with Crippen LogP contribution in [0, 0.1) is 5.92 Å². The lowest BCUT2D eigenvalue weighted by Crippen LogP contribution is -2.33. The normalized spacial score (nSPS) is 26.1. The molecule has 0 heterocycles. The van der Waals surface area contributed by atoms with Crippen molar-refractivity contribution in [1.29, 1.82) is 0 Å². The molecule has 2 atom stereocenters. The van der Waals surface area contributed by atoms with E-state index in [1.54, 1.807) is 20.8 Å². The maximum absolute atomic E-state index is 12.2. The molecule has 2 unspecified atom stereocenters. The van der Waals surface area contributed by atoms with Crippen LogP contribution in [-0.4, -0.2) is 31.5 Å². The van der Waals surface area contributed by atoms with E-state index in [-0.39, 0.29) is 0 Å². The first-order valence-electron chi connectivity index (χ1n) is 7.72. The van der Waals surface area contributed by atoms with Gasteiger partial charge in [-0.05, 0) is 52.5 Å². The fraction of sp³-hybridized carbons (Fsp3) is 1.00. The molecule has 0 aromatic heterocycles. The molecule has 0 amide bonds. The zero-order chi connectivity index (χ0) is 14.5. The van der Waals surface area contributed by atoms with E-state index in [1.807, 2.05) is 0 Å². The molecule has 1 saturated carbocycles. The topological polar surface area (TPSA) is 46.2 Å². The molecule has 19 heavy (non-hydrogen) atoms. The van der Waals surface area contributed by atoms with Crippen LogP contribution in [0.2, 0.25) is 0 Å². The van der Waals surface area contributed by atoms with Crippen molar-refractivity contribution in [2.45, 2.75) is 77.0 Å². The zero-order valence-electron chi connectivity index (χ0n) is 13.0. The summed E-state index contributed by atoms with van der Waals surface area (Å²) in [6.07, 6.45) is 6.95. The number of hydrogen-bond donors (Lipinski definition) is 1. The maximum atomic E-state index is 12.2. The molecule has 1 aliphatic carbocycles. The lowest BCUT2D eigenvalue weighted by atomic mass is 9.95. The SMILES string of the molecule is CCNC1CCCCC(CCS(=O)(=O)C(C)(C)C)C1. The van der Waals surface area contributed by atoms with Crippen LogP contribution in [0.5, 0.6) is 0 Å². The maximum Gasteiger partial charge on any atom is 0.155 e. The molecule has 3 nitrogen and oxygen atoms in total. The lowest BCUT2D eigenvalue weighted by molar-refractivity contribution is 0.382. The van der Waals surface area contributed by atoms with Gasteiger partial charge in [0.1, 0.15) is 0 Å². The van der Waals surface area contributed by atoms with E-state index in [2.05, 4.69) is 12.2 Å². The highest BCUT2D eigenvalue weighted by molar-refractivity contribution is 7.92. The molecular formula is C15H31NO2S. The van der Waals surface area contributed by atoms with E-state index in [0.29, 0.717) is 17.7 Å². The molecule has 0 saturated heterocycles. The van der Waals surface area contributed by atoms with Crippen molar-refractivity contribution < 1.29 is 8.42 Å². The third-order valence-electron chi connectivity index (χ3n) is 4.25. The van der Waals surface area contributed by atoms with Gasteiger partial charge < -0.3 is 5.32 Å². The van der Waals surface area contributed by atoms with Crippen molar-refractivity contribution in [2.24, 2.45) is 5.92 Å². The van der Waals surface area contributed by atoms with E-state index in [1.165, 1.54) is 25.7 Å². The number of hydrogen-bond acceptors (Lipinski definition) is 3. The molecule has 1 fully saturated rings. The second-order valence-corrected chi connectivity index (χ2v) is 9.72. The average molecular weight is 289 g/mol. The van der Waals surface area contributed by atoms with Gasteiger partial charge in [0, 0.05) is 6.04 Å². The number of sulfone groups is 1. The minimum Gasteiger partial charge on any atom is -0.314 e. The van der Waals surface area contributed by atoms with E-state index in [4.69, 9.17) is 0 Å². The van der Waals surface area contributed by atoms with Gasteiger partial charge in [-0.15, -0.1) is 0 Å². The largest absolute Gasteiger partial charge is 0.314 e. The smallest absolute Gasteiger partial charge is 0.155 e. The van der Waals surface area contributed by atoms with Crippen molar-refractivity contribution in [3.8, 4) is 0 Å². The van der Waals surface area contributed by atoms with E-state index >= 15 is 0 Å². The van der Waals surface area contributed by atoms with Crippen molar-refractivity contribution in [3.05, 3.63) is 0 Å². The predicted octanol–water partition coefficient (Wildman–Crippen LogP) is 3.15. The van der Waals surface area contributed by atoms with Gasteiger partial charge in [0.05, 0.1) is 10.5 Å². The van der Waals surface area contributed by atoms with Gasteiger partial charge in [-0.3, -0.25) is 0 Å². The Labute approximate surface area is 119 Å². The van der Waals surface area contributed by atoms with Gasteiger partial charge in [-0.2, -0.15) is 0 Å². The van der Waals surface area contributed by atoms with Crippen LogP contribution in [0.4, 0.5) is 0 Å². The molecular weight excluding hydrogens is 258 g/mol. The molecule has 4 heteroatoms. The van der Waals surface area contributed by atoms with Crippen LogP contribution >= 0.6 is 0 Å². The van der Waals surface area contributed by atoms with E-state index in [0.717, 1.165) is 19.4 Å². The van der Waals surface area contributed by atoms with Crippen LogP contribution in [0.1, 0.15) is 66.2 Å². The second kappa shape index (κ2) is 7.07. The van der Waals surface area contributed by atoms with Gasteiger partial charge in [-0.1, -0.05) is 26.2 Å². The summed E-state index contributed by atoms with van der Waals surface area (Å²) in [6.45, 7) is 8.56. The Balaban J connectivity index is 2.52. The van der Waals surface area contributed by atoms with E-state index in [9.17, 15) is 8.42 Å². The Morgan fingerprint density at radius 1 is 1.16 bits per heavy atom. The van der Waals surface area contributed by atoms with Crippen LogP contribution in [0.15, 0.2) is 0 Å². The van der Waals surface area contributed by atoms with Gasteiger partial charge >= 0.3 is 0 Å². The van der Waals surface area contributed by atoms with Gasteiger partial charge in [0.25, 0.3) is 0 Å². The third-order valence-corrected chi connectivity index (χ3v) is 6.89. The first-order valence-corrected chi connectivity index (χ1v) is 9.37. The zero-order valence-corrected chi connectivity index (χ0v) is 13.9. The van der Waals surface area contributed by atoms with Gasteiger partial charge in [-0.25, -0.2) is 8.42 Å². The fourth-order valence-corrected chi connectivity index (χ4v) is 4.08. The number of nitrogens with one attached hydrogen (secondary N) is 1. The summed E-state index contributed by atoms with van der Waals surface area (Å²) in [4.78, 5) is 0. The summed E-state index contributed by atoms with van der Waals surface area (Å²) in [5, 5.41) is 3.53. The molecule has 0 aliphatic heterocycles. The van der Waals surface area contributed by atoms with Gasteiger partial charge in [0.2, 0.25) is 0 Å². The second-order valence-electron chi connectivity index (χ2n) is 6.86. The predicted molar refractivity (Wildman–Crippen MR) is 82.2 cm³/mol. The van der Waals surface area contributed by atoms with Crippen LogP contribution in [0.3, 0.4) is 0 Å². The summed E-state index contributed by atoms with van der Waals surface area (Å²) in [6, 6.07) is 0.592.